The van der Waals surface area contributed by atoms with Gasteiger partial charge in [0, 0.05) is 24.8 Å². The van der Waals surface area contributed by atoms with E-state index < -0.39 is 0 Å². The molecule has 0 aliphatic carbocycles. The summed E-state index contributed by atoms with van der Waals surface area (Å²) in [6.45, 7) is 5.11. The molecule has 1 aliphatic heterocycles. The molecule has 0 saturated carbocycles. The third kappa shape index (κ3) is 3.04. The molecule has 2 heterocycles. The van der Waals surface area contributed by atoms with Gasteiger partial charge < -0.3 is 15.6 Å². The molecule has 0 bridgehead atoms. The number of hydrogen-bond acceptors (Lipinski definition) is 3. The van der Waals surface area contributed by atoms with Gasteiger partial charge in [-0.25, -0.2) is 0 Å². The highest BCUT2D eigenvalue weighted by molar-refractivity contribution is 5.93. The van der Waals surface area contributed by atoms with Gasteiger partial charge in [-0.15, -0.1) is 0 Å². The second kappa shape index (κ2) is 5.57. The first-order chi connectivity index (χ1) is 8.99. The molecular weight excluding hydrogens is 242 g/mol. The van der Waals surface area contributed by atoms with Crippen molar-refractivity contribution in [1.82, 2.24) is 9.88 Å². The summed E-state index contributed by atoms with van der Waals surface area (Å²) in [4.78, 5) is 28.6. The number of aryl methyl sites for hydroxylation is 1. The van der Waals surface area contributed by atoms with Crippen LogP contribution in [0.3, 0.4) is 0 Å². The van der Waals surface area contributed by atoms with Gasteiger partial charge in [-0.3, -0.25) is 9.59 Å². The van der Waals surface area contributed by atoms with E-state index in [1.165, 1.54) is 0 Å². The Hall–Kier alpha value is -1.62. The first-order valence-electron chi connectivity index (χ1n) is 6.74. The van der Waals surface area contributed by atoms with Gasteiger partial charge in [-0.2, -0.15) is 0 Å². The molecule has 1 amide bonds. The van der Waals surface area contributed by atoms with E-state index >= 15 is 0 Å². The number of carbonyl (C=O) groups is 1. The summed E-state index contributed by atoms with van der Waals surface area (Å²) in [5, 5.41) is 0. The highest BCUT2D eigenvalue weighted by Gasteiger charge is 2.27. The molecule has 1 aromatic heterocycles. The number of aromatic nitrogens is 1. The smallest absolute Gasteiger partial charge is 0.260 e. The Balaban J connectivity index is 2.17. The predicted octanol–water partition coefficient (Wildman–Crippen LogP) is 0.883. The zero-order valence-corrected chi connectivity index (χ0v) is 11.5. The van der Waals surface area contributed by atoms with Crippen LogP contribution < -0.4 is 11.3 Å². The van der Waals surface area contributed by atoms with E-state index in [0.717, 1.165) is 18.5 Å². The number of aromatic amines is 1. The summed E-state index contributed by atoms with van der Waals surface area (Å²) in [6.07, 6.45) is 1.99. The number of carbonyl (C=O) groups excluding carboxylic acids is 1. The van der Waals surface area contributed by atoms with Crippen LogP contribution in [0.15, 0.2) is 16.9 Å². The molecule has 0 radical (unpaired) electrons. The molecule has 2 rings (SSSR count). The zero-order valence-electron chi connectivity index (χ0n) is 11.5. The second-order valence-corrected chi connectivity index (χ2v) is 5.40. The molecule has 19 heavy (non-hydrogen) atoms. The van der Waals surface area contributed by atoms with Gasteiger partial charge in [0.2, 0.25) is 0 Å². The minimum Gasteiger partial charge on any atom is -0.338 e. The highest BCUT2D eigenvalue weighted by Crippen LogP contribution is 2.19. The van der Waals surface area contributed by atoms with Gasteiger partial charge in [0.15, 0.2) is 0 Å². The third-order valence-electron chi connectivity index (χ3n) is 3.77. The fraction of sp³-hybridized carbons (Fsp3) is 0.571. The van der Waals surface area contributed by atoms with Crippen molar-refractivity contribution in [2.75, 3.05) is 13.1 Å². The summed E-state index contributed by atoms with van der Waals surface area (Å²) < 4.78 is 0. The molecule has 5 heteroatoms. The molecule has 104 valence electrons. The van der Waals surface area contributed by atoms with E-state index in [9.17, 15) is 9.59 Å². The Morgan fingerprint density at radius 1 is 1.53 bits per heavy atom. The van der Waals surface area contributed by atoms with Gasteiger partial charge in [0.1, 0.15) is 5.56 Å². The van der Waals surface area contributed by atoms with Crippen molar-refractivity contribution in [3.05, 3.63) is 33.7 Å². The number of likely N-dealkylation sites (tertiary alicyclic amines) is 1. The molecule has 1 aromatic rings. The molecule has 2 atom stereocenters. The molecule has 5 nitrogen and oxygen atoms in total. The molecule has 1 aliphatic rings. The summed E-state index contributed by atoms with van der Waals surface area (Å²) in [7, 11) is 0. The van der Waals surface area contributed by atoms with Crippen LogP contribution in [0.25, 0.3) is 0 Å². The fourth-order valence-electron chi connectivity index (χ4n) is 2.53. The molecular formula is C14H21N3O2. The van der Waals surface area contributed by atoms with E-state index in [4.69, 9.17) is 5.73 Å². The Morgan fingerprint density at radius 2 is 2.26 bits per heavy atom. The summed E-state index contributed by atoms with van der Waals surface area (Å²) >= 11 is 0. The lowest BCUT2D eigenvalue weighted by molar-refractivity contribution is 0.0659. The van der Waals surface area contributed by atoms with Crippen molar-refractivity contribution in [3.63, 3.8) is 0 Å². The van der Waals surface area contributed by atoms with E-state index in [-0.39, 0.29) is 23.1 Å². The maximum Gasteiger partial charge on any atom is 0.260 e. The van der Waals surface area contributed by atoms with E-state index in [1.54, 1.807) is 24.0 Å². The van der Waals surface area contributed by atoms with Crippen LogP contribution in [0.1, 0.15) is 35.8 Å². The monoisotopic (exact) mass is 263 g/mol. The van der Waals surface area contributed by atoms with Crippen molar-refractivity contribution < 1.29 is 4.79 Å². The minimum atomic E-state index is -0.312. The Labute approximate surface area is 112 Å². The van der Waals surface area contributed by atoms with Crippen LogP contribution in [-0.2, 0) is 0 Å². The number of pyridine rings is 1. The number of rotatable bonds is 2. The number of piperidine rings is 1. The lowest BCUT2D eigenvalue weighted by atomic mass is 9.92. The number of hydrogen-bond donors (Lipinski definition) is 2. The average Bonchev–Trinajstić information content (AvgIpc) is 2.38. The first-order valence-corrected chi connectivity index (χ1v) is 6.74. The third-order valence-corrected chi connectivity index (χ3v) is 3.77. The van der Waals surface area contributed by atoms with Crippen molar-refractivity contribution in [2.45, 2.75) is 32.7 Å². The van der Waals surface area contributed by atoms with Gasteiger partial charge in [-0.1, -0.05) is 0 Å². The Kier molecular flexibility index (Phi) is 4.04. The van der Waals surface area contributed by atoms with E-state index in [2.05, 4.69) is 4.98 Å². The minimum absolute atomic E-state index is 0.0758. The van der Waals surface area contributed by atoms with Crippen molar-refractivity contribution >= 4 is 5.91 Å². The SMILES string of the molecule is Cc1ccc(C(=O)N2CCCC(C(C)N)C2)c(=O)[nH]1. The number of H-pyrrole nitrogens is 1. The Morgan fingerprint density at radius 3 is 2.89 bits per heavy atom. The van der Waals surface area contributed by atoms with E-state index in [0.29, 0.717) is 19.0 Å². The highest BCUT2D eigenvalue weighted by atomic mass is 16.2. The number of nitrogens with zero attached hydrogens (tertiary/aromatic N) is 1. The van der Waals surface area contributed by atoms with Crippen LogP contribution in [0.4, 0.5) is 0 Å². The van der Waals surface area contributed by atoms with Gasteiger partial charge >= 0.3 is 0 Å². The van der Waals surface area contributed by atoms with Crippen molar-refractivity contribution in [1.29, 1.82) is 0 Å². The standard InChI is InChI=1S/C14H21N3O2/c1-9-5-6-12(13(18)16-9)14(19)17-7-3-4-11(8-17)10(2)15/h5-6,10-11H,3-4,7-8,15H2,1-2H3,(H,16,18). The van der Waals surface area contributed by atoms with Crippen LogP contribution in [0, 0.1) is 12.8 Å². The lowest BCUT2D eigenvalue weighted by Crippen LogP contribution is -2.46. The second-order valence-electron chi connectivity index (χ2n) is 5.40. The first kappa shape index (κ1) is 13.8. The van der Waals surface area contributed by atoms with Gasteiger partial charge in [-0.05, 0) is 44.7 Å². The molecule has 0 aromatic carbocycles. The largest absolute Gasteiger partial charge is 0.338 e. The van der Waals surface area contributed by atoms with Gasteiger partial charge in [0.05, 0.1) is 0 Å². The number of nitrogens with one attached hydrogen (secondary N) is 1. The maximum atomic E-state index is 12.4. The number of amides is 1. The lowest BCUT2D eigenvalue weighted by Gasteiger charge is -2.34. The average molecular weight is 263 g/mol. The molecule has 2 unspecified atom stereocenters. The summed E-state index contributed by atoms with van der Waals surface area (Å²) in [5.74, 6) is 0.133. The van der Waals surface area contributed by atoms with Crippen LogP contribution in [0.5, 0.6) is 0 Å². The predicted molar refractivity (Wildman–Crippen MR) is 74.1 cm³/mol. The topological polar surface area (TPSA) is 79.2 Å². The Bertz CT molecular complexity index is 522. The quantitative estimate of drug-likeness (QED) is 0.831. The fourth-order valence-corrected chi connectivity index (χ4v) is 2.53. The summed E-state index contributed by atoms with van der Waals surface area (Å²) in [6, 6.07) is 3.43. The van der Waals surface area contributed by atoms with Crippen LogP contribution in [-0.4, -0.2) is 34.9 Å². The van der Waals surface area contributed by atoms with Crippen molar-refractivity contribution in [3.8, 4) is 0 Å². The molecule has 3 N–H and O–H groups in total. The molecule has 0 spiro atoms. The molecule has 1 fully saturated rings. The normalized spacial score (nSPS) is 21.2. The van der Waals surface area contributed by atoms with Crippen molar-refractivity contribution in [2.24, 2.45) is 11.7 Å². The maximum absolute atomic E-state index is 12.4. The summed E-state index contributed by atoms with van der Waals surface area (Å²) in [5.41, 5.74) is 6.58. The van der Waals surface area contributed by atoms with Crippen LogP contribution >= 0.6 is 0 Å². The number of nitrogens with two attached hydrogens (primary N) is 1. The van der Waals surface area contributed by atoms with Crippen LogP contribution in [0.2, 0.25) is 0 Å². The van der Waals surface area contributed by atoms with E-state index in [1.807, 2.05) is 6.92 Å². The van der Waals surface area contributed by atoms with Gasteiger partial charge in [0.25, 0.3) is 11.5 Å². The zero-order chi connectivity index (χ0) is 14.0. The molecule has 1 saturated heterocycles.